The first kappa shape index (κ1) is 20.7. The maximum atomic E-state index is 11.9. The molecule has 0 unspecified atom stereocenters. The smallest absolute Gasteiger partial charge is 0.277 e. The Labute approximate surface area is 171 Å². The number of carbonyl (C=O) groups is 1. The fourth-order valence-electron chi connectivity index (χ4n) is 2.16. The Balaban J connectivity index is 1.95. The second kappa shape index (κ2) is 8.89. The normalized spacial score (nSPS) is 11.6. The lowest BCUT2D eigenvalue weighted by atomic mass is 9.86. The van der Waals surface area contributed by atoms with E-state index in [0.29, 0.717) is 15.8 Å². The van der Waals surface area contributed by atoms with Gasteiger partial charge >= 0.3 is 0 Å². The highest BCUT2D eigenvalue weighted by molar-refractivity contribution is 9.10. The van der Waals surface area contributed by atoms with E-state index in [4.69, 9.17) is 27.9 Å². The molecule has 0 bridgehead atoms. The minimum Gasteiger partial charge on any atom is -0.483 e. The molecular formula is C19H19BrCl2N2O2. The summed E-state index contributed by atoms with van der Waals surface area (Å²) in [6, 6.07) is 10.8. The fraction of sp³-hybridized carbons (Fsp3) is 0.263. The van der Waals surface area contributed by atoms with Crippen molar-refractivity contribution in [2.24, 2.45) is 5.10 Å². The molecule has 0 aromatic heterocycles. The lowest BCUT2D eigenvalue weighted by Gasteiger charge is -2.23. The van der Waals surface area contributed by atoms with E-state index in [1.807, 2.05) is 18.2 Å². The third kappa shape index (κ3) is 6.01. The van der Waals surface area contributed by atoms with Crippen LogP contribution in [-0.2, 0) is 10.2 Å². The number of hydrogen-bond donors (Lipinski definition) is 1. The lowest BCUT2D eigenvalue weighted by Crippen LogP contribution is -2.25. The number of hydrogen-bond acceptors (Lipinski definition) is 3. The van der Waals surface area contributed by atoms with Gasteiger partial charge in [0.25, 0.3) is 5.91 Å². The summed E-state index contributed by atoms with van der Waals surface area (Å²) >= 11 is 15.2. The molecule has 0 saturated heterocycles. The van der Waals surface area contributed by atoms with Crippen LogP contribution in [0.4, 0.5) is 0 Å². The number of carbonyl (C=O) groups excluding carboxylic acids is 1. The van der Waals surface area contributed by atoms with Crippen molar-refractivity contribution in [3.05, 3.63) is 62.0 Å². The zero-order chi connectivity index (χ0) is 19.3. The zero-order valence-electron chi connectivity index (χ0n) is 14.6. The summed E-state index contributed by atoms with van der Waals surface area (Å²) in [5.74, 6) is 0.313. The van der Waals surface area contributed by atoms with Gasteiger partial charge in [0.05, 0.1) is 16.3 Å². The van der Waals surface area contributed by atoms with Crippen molar-refractivity contribution in [1.29, 1.82) is 0 Å². The van der Waals surface area contributed by atoms with E-state index in [0.717, 1.165) is 15.6 Å². The van der Waals surface area contributed by atoms with Crippen LogP contribution in [0.5, 0.6) is 5.75 Å². The number of benzene rings is 2. The van der Waals surface area contributed by atoms with E-state index in [1.54, 1.807) is 18.2 Å². The van der Waals surface area contributed by atoms with E-state index in [9.17, 15) is 4.79 Å². The molecule has 0 fully saturated rings. The standard InChI is InChI=1S/C19H19BrCl2N2O2/c1-19(2,3)14-9-13(20)5-7-17(14)26-11-18(25)24-23-10-12-4-6-15(21)16(22)8-12/h4-10H,11H2,1-3H3,(H,24,25)/b23-10+. The number of halogens is 3. The molecule has 1 N–H and O–H groups in total. The van der Waals surface area contributed by atoms with E-state index in [-0.39, 0.29) is 17.9 Å². The fourth-order valence-corrected chi connectivity index (χ4v) is 2.83. The Morgan fingerprint density at radius 1 is 1.19 bits per heavy atom. The van der Waals surface area contributed by atoms with Crippen molar-refractivity contribution in [3.63, 3.8) is 0 Å². The molecule has 138 valence electrons. The highest BCUT2D eigenvalue weighted by Crippen LogP contribution is 2.33. The Morgan fingerprint density at radius 2 is 1.92 bits per heavy atom. The van der Waals surface area contributed by atoms with Crippen LogP contribution in [0.25, 0.3) is 0 Å². The second-order valence-electron chi connectivity index (χ2n) is 6.65. The summed E-state index contributed by atoms with van der Waals surface area (Å²) in [7, 11) is 0. The summed E-state index contributed by atoms with van der Waals surface area (Å²) in [5.41, 5.74) is 4.05. The third-order valence-corrected chi connectivity index (χ3v) is 4.69. The maximum absolute atomic E-state index is 11.9. The van der Waals surface area contributed by atoms with Gasteiger partial charge in [-0.05, 0) is 41.3 Å². The Bertz CT molecular complexity index is 833. The molecule has 0 aliphatic heterocycles. The number of rotatable bonds is 5. The molecular weight excluding hydrogens is 439 g/mol. The predicted molar refractivity (Wildman–Crippen MR) is 111 cm³/mol. The van der Waals surface area contributed by atoms with Crippen LogP contribution >= 0.6 is 39.1 Å². The van der Waals surface area contributed by atoms with Crippen molar-refractivity contribution >= 4 is 51.3 Å². The Kier molecular flexibility index (Phi) is 7.09. The summed E-state index contributed by atoms with van der Waals surface area (Å²) in [6.45, 7) is 6.12. The zero-order valence-corrected chi connectivity index (χ0v) is 17.7. The molecule has 0 aliphatic carbocycles. The van der Waals surface area contributed by atoms with Crippen molar-refractivity contribution in [1.82, 2.24) is 5.43 Å². The molecule has 2 aromatic rings. The van der Waals surface area contributed by atoms with Crippen LogP contribution in [0.1, 0.15) is 31.9 Å². The lowest BCUT2D eigenvalue weighted by molar-refractivity contribution is -0.123. The van der Waals surface area contributed by atoms with Gasteiger partial charge in [-0.3, -0.25) is 4.79 Å². The molecule has 7 heteroatoms. The largest absolute Gasteiger partial charge is 0.483 e. The van der Waals surface area contributed by atoms with E-state index >= 15 is 0 Å². The second-order valence-corrected chi connectivity index (χ2v) is 8.38. The average molecular weight is 458 g/mol. The molecule has 26 heavy (non-hydrogen) atoms. The van der Waals surface area contributed by atoms with Crippen molar-refractivity contribution in [3.8, 4) is 5.75 Å². The van der Waals surface area contributed by atoms with Crippen LogP contribution in [0.3, 0.4) is 0 Å². The van der Waals surface area contributed by atoms with Gasteiger partial charge in [-0.15, -0.1) is 0 Å². The molecule has 0 spiro atoms. The van der Waals surface area contributed by atoms with E-state index in [1.165, 1.54) is 6.21 Å². The van der Waals surface area contributed by atoms with Crippen molar-refractivity contribution < 1.29 is 9.53 Å². The topological polar surface area (TPSA) is 50.7 Å². The van der Waals surface area contributed by atoms with Gasteiger partial charge in [-0.25, -0.2) is 5.43 Å². The summed E-state index contributed by atoms with van der Waals surface area (Å²) in [4.78, 5) is 11.9. The van der Waals surface area contributed by atoms with Crippen molar-refractivity contribution in [2.45, 2.75) is 26.2 Å². The number of nitrogens with one attached hydrogen (secondary N) is 1. The third-order valence-electron chi connectivity index (χ3n) is 3.45. The van der Waals surface area contributed by atoms with Crippen molar-refractivity contribution in [2.75, 3.05) is 6.61 Å². The first-order valence-electron chi connectivity index (χ1n) is 7.86. The average Bonchev–Trinajstić information content (AvgIpc) is 2.56. The molecule has 0 radical (unpaired) electrons. The number of ether oxygens (including phenoxy) is 1. The number of amides is 1. The number of hydrazone groups is 1. The van der Waals surface area contributed by atoms with Crippen LogP contribution in [0.2, 0.25) is 10.0 Å². The molecule has 1 amide bonds. The van der Waals surface area contributed by atoms with Gasteiger partial charge in [-0.1, -0.05) is 66.0 Å². The molecule has 2 aromatic carbocycles. The summed E-state index contributed by atoms with van der Waals surface area (Å²) in [6.07, 6.45) is 1.49. The highest BCUT2D eigenvalue weighted by Gasteiger charge is 2.19. The SMILES string of the molecule is CC(C)(C)c1cc(Br)ccc1OCC(=O)N/N=C/c1ccc(Cl)c(Cl)c1. The molecule has 0 aliphatic rings. The van der Waals surface area contributed by atoms with Crippen LogP contribution in [-0.4, -0.2) is 18.7 Å². The number of nitrogens with zero attached hydrogens (tertiary/aromatic N) is 1. The Morgan fingerprint density at radius 3 is 2.58 bits per heavy atom. The van der Waals surface area contributed by atoms with Gasteiger partial charge in [0.1, 0.15) is 5.75 Å². The highest BCUT2D eigenvalue weighted by atomic mass is 79.9. The predicted octanol–water partition coefficient (Wildman–Crippen LogP) is 5.58. The first-order chi connectivity index (χ1) is 12.2. The molecule has 4 nitrogen and oxygen atoms in total. The van der Waals surface area contributed by atoms with Gasteiger partial charge in [-0.2, -0.15) is 5.10 Å². The van der Waals surface area contributed by atoms with Gasteiger partial charge in [0.15, 0.2) is 6.61 Å². The minimum atomic E-state index is -0.357. The molecule has 0 atom stereocenters. The quantitative estimate of drug-likeness (QED) is 0.470. The minimum absolute atomic E-state index is 0.110. The van der Waals surface area contributed by atoms with Crippen LogP contribution < -0.4 is 10.2 Å². The maximum Gasteiger partial charge on any atom is 0.277 e. The monoisotopic (exact) mass is 456 g/mol. The van der Waals surface area contributed by atoms with Crippen LogP contribution in [0.15, 0.2) is 46.0 Å². The summed E-state index contributed by atoms with van der Waals surface area (Å²) < 4.78 is 6.64. The van der Waals surface area contributed by atoms with Gasteiger partial charge in [0, 0.05) is 10.0 Å². The molecule has 0 heterocycles. The first-order valence-corrected chi connectivity index (χ1v) is 9.41. The molecule has 2 rings (SSSR count). The van der Waals surface area contributed by atoms with Gasteiger partial charge in [0.2, 0.25) is 0 Å². The molecule has 0 saturated carbocycles. The van der Waals surface area contributed by atoms with Crippen LogP contribution in [0, 0.1) is 0 Å². The van der Waals surface area contributed by atoms with E-state index < -0.39 is 0 Å². The summed E-state index contributed by atoms with van der Waals surface area (Å²) in [5, 5.41) is 4.79. The Hall–Kier alpha value is -1.56. The van der Waals surface area contributed by atoms with Gasteiger partial charge < -0.3 is 4.74 Å². The van der Waals surface area contributed by atoms with E-state index in [2.05, 4.69) is 47.2 Å².